The molecule has 176 valence electrons. The molecular formula is C20H31NO10. The van der Waals surface area contributed by atoms with E-state index in [4.69, 9.17) is 23.7 Å². The number of ether oxygens (including phenoxy) is 5. The molecule has 0 saturated carbocycles. The molecule has 1 unspecified atom stereocenters. The number of carbonyl (C=O) groups is 5. The Morgan fingerprint density at radius 1 is 1.06 bits per heavy atom. The summed E-state index contributed by atoms with van der Waals surface area (Å²) in [5.41, 5.74) is 0. The monoisotopic (exact) mass is 445 g/mol. The summed E-state index contributed by atoms with van der Waals surface area (Å²) in [5, 5.41) is 2.67. The zero-order chi connectivity index (χ0) is 23.9. The minimum atomic E-state index is -2.22. The average molecular weight is 445 g/mol. The fraction of sp³-hybridized carbons (Fsp3) is 0.750. The van der Waals surface area contributed by atoms with Crippen molar-refractivity contribution >= 4 is 29.8 Å². The second kappa shape index (κ2) is 11.1. The first kappa shape index (κ1) is 26.3. The highest BCUT2D eigenvalue weighted by Crippen LogP contribution is 2.38. The smallest absolute Gasteiger partial charge is 0.379 e. The van der Waals surface area contributed by atoms with Crippen LogP contribution in [0.1, 0.15) is 54.4 Å². The Kier molecular flexibility index (Phi) is 9.41. The second-order valence-corrected chi connectivity index (χ2v) is 7.41. The van der Waals surface area contributed by atoms with Crippen molar-refractivity contribution in [2.24, 2.45) is 5.92 Å². The SMILES string of the molecule is CC[C@@H](OC(C)=O)[C@@H](C)C1O[C@](OC(C)=O)(C(=O)OC)C[C@@H](OC(C)=O)[C@H]1NC(C)=O. The number of esters is 4. The molecule has 0 aromatic carbocycles. The molecular weight excluding hydrogens is 414 g/mol. The zero-order valence-electron chi connectivity index (χ0n) is 18.9. The molecule has 1 amide bonds. The lowest BCUT2D eigenvalue weighted by Crippen LogP contribution is -2.67. The first-order valence-corrected chi connectivity index (χ1v) is 9.94. The molecule has 31 heavy (non-hydrogen) atoms. The van der Waals surface area contributed by atoms with Crippen LogP contribution in [-0.2, 0) is 47.7 Å². The van der Waals surface area contributed by atoms with Gasteiger partial charge >= 0.3 is 29.7 Å². The lowest BCUT2D eigenvalue weighted by atomic mass is 9.83. The zero-order valence-corrected chi connectivity index (χ0v) is 18.9. The van der Waals surface area contributed by atoms with Crippen molar-refractivity contribution in [3.63, 3.8) is 0 Å². The van der Waals surface area contributed by atoms with Gasteiger partial charge in [-0.15, -0.1) is 0 Å². The Hall–Kier alpha value is -2.69. The van der Waals surface area contributed by atoms with Crippen LogP contribution in [0.2, 0.25) is 0 Å². The van der Waals surface area contributed by atoms with Gasteiger partial charge in [0.1, 0.15) is 12.2 Å². The summed E-state index contributed by atoms with van der Waals surface area (Å²) in [5.74, 6) is -6.32. The van der Waals surface area contributed by atoms with Gasteiger partial charge in [0.05, 0.1) is 25.7 Å². The summed E-state index contributed by atoms with van der Waals surface area (Å²) in [7, 11) is 1.09. The van der Waals surface area contributed by atoms with Crippen LogP contribution in [0.4, 0.5) is 0 Å². The molecule has 1 N–H and O–H groups in total. The molecule has 0 aromatic heterocycles. The molecule has 1 fully saturated rings. The number of carbonyl (C=O) groups excluding carboxylic acids is 5. The Balaban J connectivity index is 3.55. The first-order valence-electron chi connectivity index (χ1n) is 9.94. The third-order valence-electron chi connectivity index (χ3n) is 4.87. The molecule has 0 aliphatic carbocycles. The Labute approximate surface area is 181 Å². The van der Waals surface area contributed by atoms with Crippen LogP contribution in [0, 0.1) is 5.92 Å². The highest BCUT2D eigenvalue weighted by atomic mass is 16.8. The largest absolute Gasteiger partial charge is 0.464 e. The summed E-state index contributed by atoms with van der Waals surface area (Å²) in [6, 6.07) is -0.922. The number of rotatable bonds is 8. The Morgan fingerprint density at radius 2 is 1.68 bits per heavy atom. The highest BCUT2D eigenvalue weighted by Gasteiger charge is 2.58. The van der Waals surface area contributed by atoms with Crippen LogP contribution in [0.25, 0.3) is 0 Å². The first-order chi connectivity index (χ1) is 14.4. The number of methoxy groups -OCH3 is 1. The molecule has 11 heteroatoms. The molecule has 6 atom stereocenters. The van der Waals surface area contributed by atoms with E-state index in [9.17, 15) is 24.0 Å². The molecule has 0 radical (unpaired) electrons. The standard InChI is InChI=1S/C20H31NO10/c1-8-15(28-12(4)23)10(2)18-17(21-11(3)22)16(29-13(5)24)9-20(31-18,19(26)27-7)30-14(6)25/h10,15-18H,8-9H2,1-7H3,(H,21,22)/t10-,15-,16-,17-,18?,20+/m1/s1. The molecule has 1 saturated heterocycles. The maximum absolute atomic E-state index is 12.6. The summed E-state index contributed by atoms with van der Waals surface area (Å²) in [4.78, 5) is 59.6. The lowest BCUT2D eigenvalue weighted by Gasteiger charge is -2.48. The Morgan fingerprint density at radius 3 is 2.10 bits per heavy atom. The van der Waals surface area contributed by atoms with Gasteiger partial charge in [0, 0.05) is 33.6 Å². The van der Waals surface area contributed by atoms with E-state index in [0.29, 0.717) is 6.42 Å². The minimum absolute atomic E-state index is 0.393. The molecule has 11 nitrogen and oxygen atoms in total. The molecule has 0 spiro atoms. The quantitative estimate of drug-likeness (QED) is 0.417. The topological polar surface area (TPSA) is 144 Å². The van der Waals surface area contributed by atoms with Crippen LogP contribution < -0.4 is 5.32 Å². The predicted molar refractivity (Wildman–Crippen MR) is 104 cm³/mol. The van der Waals surface area contributed by atoms with E-state index in [1.165, 1.54) is 13.8 Å². The number of hydrogen-bond acceptors (Lipinski definition) is 10. The highest BCUT2D eigenvalue weighted by molar-refractivity contribution is 5.82. The van der Waals surface area contributed by atoms with E-state index in [0.717, 1.165) is 21.0 Å². The maximum Gasteiger partial charge on any atom is 0.379 e. The third kappa shape index (κ3) is 6.91. The van der Waals surface area contributed by atoms with Gasteiger partial charge in [0.15, 0.2) is 0 Å². The van der Waals surface area contributed by atoms with Crippen molar-refractivity contribution in [3.8, 4) is 0 Å². The van der Waals surface area contributed by atoms with E-state index >= 15 is 0 Å². The minimum Gasteiger partial charge on any atom is -0.464 e. The Bertz CT molecular complexity index is 708. The lowest BCUT2D eigenvalue weighted by molar-refractivity contribution is -0.296. The summed E-state index contributed by atoms with van der Waals surface area (Å²) < 4.78 is 26.7. The van der Waals surface area contributed by atoms with E-state index in [1.807, 2.05) is 0 Å². The maximum atomic E-state index is 12.6. The summed E-state index contributed by atoms with van der Waals surface area (Å²) >= 11 is 0. The molecule has 1 aliphatic heterocycles. The van der Waals surface area contributed by atoms with Crippen molar-refractivity contribution < 1.29 is 47.7 Å². The van der Waals surface area contributed by atoms with Crippen LogP contribution in [0.5, 0.6) is 0 Å². The molecule has 1 aliphatic rings. The molecule has 0 aromatic rings. The fourth-order valence-electron chi connectivity index (χ4n) is 3.73. The number of hydrogen-bond donors (Lipinski definition) is 1. The molecule has 1 rings (SSSR count). The van der Waals surface area contributed by atoms with Gasteiger partial charge in [-0.1, -0.05) is 13.8 Å². The summed E-state index contributed by atoms with van der Waals surface area (Å²) in [6.07, 6.45) is -2.83. The van der Waals surface area contributed by atoms with E-state index in [-0.39, 0.29) is 0 Å². The van der Waals surface area contributed by atoms with Crippen LogP contribution in [0.3, 0.4) is 0 Å². The average Bonchev–Trinajstić information content (AvgIpc) is 2.65. The van der Waals surface area contributed by atoms with Crippen LogP contribution in [0.15, 0.2) is 0 Å². The van der Waals surface area contributed by atoms with Gasteiger partial charge in [0.25, 0.3) is 0 Å². The van der Waals surface area contributed by atoms with E-state index in [1.54, 1.807) is 13.8 Å². The number of nitrogens with one attached hydrogen (secondary N) is 1. The van der Waals surface area contributed by atoms with Crippen LogP contribution in [-0.4, -0.2) is 67.0 Å². The van der Waals surface area contributed by atoms with Gasteiger partial charge < -0.3 is 29.0 Å². The van der Waals surface area contributed by atoms with Crippen molar-refractivity contribution in [1.29, 1.82) is 0 Å². The van der Waals surface area contributed by atoms with E-state index in [2.05, 4.69) is 5.32 Å². The molecule has 1 heterocycles. The fourth-order valence-corrected chi connectivity index (χ4v) is 3.73. The summed E-state index contributed by atoms with van der Waals surface area (Å²) in [6.45, 7) is 8.23. The van der Waals surface area contributed by atoms with Crippen molar-refractivity contribution in [2.45, 2.75) is 84.5 Å². The van der Waals surface area contributed by atoms with Gasteiger partial charge in [-0.05, 0) is 6.42 Å². The van der Waals surface area contributed by atoms with Crippen molar-refractivity contribution in [1.82, 2.24) is 5.32 Å². The third-order valence-corrected chi connectivity index (χ3v) is 4.87. The molecule has 0 bridgehead atoms. The predicted octanol–water partition coefficient (Wildman–Crippen LogP) is 0.622. The van der Waals surface area contributed by atoms with Gasteiger partial charge in [0.2, 0.25) is 5.91 Å². The van der Waals surface area contributed by atoms with Gasteiger partial charge in [-0.2, -0.15) is 0 Å². The van der Waals surface area contributed by atoms with Gasteiger partial charge in [-0.3, -0.25) is 19.2 Å². The van der Waals surface area contributed by atoms with Crippen LogP contribution >= 0.6 is 0 Å². The normalized spacial score (nSPS) is 27.3. The van der Waals surface area contributed by atoms with Gasteiger partial charge in [-0.25, -0.2) is 4.79 Å². The van der Waals surface area contributed by atoms with Crippen molar-refractivity contribution in [3.05, 3.63) is 0 Å². The second-order valence-electron chi connectivity index (χ2n) is 7.41. The number of amides is 1. The van der Waals surface area contributed by atoms with E-state index < -0.39 is 72.3 Å². The van der Waals surface area contributed by atoms with Crippen molar-refractivity contribution in [2.75, 3.05) is 7.11 Å².